The first-order chi connectivity index (χ1) is 9.63. The first-order valence-electron chi connectivity index (χ1n) is 6.68. The number of nitrogens with zero attached hydrogens (tertiary/aromatic N) is 3. The average molecular weight is 271 g/mol. The summed E-state index contributed by atoms with van der Waals surface area (Å²) in [7, 11) is 0. The van der Waals surface area contributed by atoms with Gasteiger partial charge in [-0.2, -0.15) is 5.10 Å². The van der Waals surface area contributed by atoms with Crippen LogP contribution in [0.5, 0.6) is 0 Å². The summed E-state index contributed by atoms with van der Waals surface area (Å²) in [5.41, 5.74) is 7.40. The Morgan fingerprint density at radius 3 is 2.70 bits per heavy atom. The van der Waals surface area contributed by atoms with E-state index in [1.165, 1.54) is 0 Å². The fraction of sp³-hybridized carbons (Fsp3) is 0.357. The SMILES string of the molecule is Cc1nc(-c2ccc(C(=O)N3CCC(N)C3)cc2)n[nH]1. The summed E-state index contributed by atoms with van der Waals surface area (Å²) in [5.74, 6) is 1.45. The predicted octanol–water partition coefficient (Wildman–Crippen LogP) is 0.953. The number of amides is 1. The van der Waals surface area contributed by atoms with E-state index in [1.807, 2.05) is 31.2 Å². The average Bonchev–Trinajstić information content (AvgIpc) is 3.07. The van der Waals surface area contributed by atoms with Crippen molar-refractivity contribution < 1.29 is 4.79 Å². The molecule has 0 spiro atoms. The van der Waals surface area contributed by atoms with E-state index in [0.29, 0.717) is 17.9 Å². The van der Waals surface area contributed by atoms with Gasteiger partial charge in [0.05, 0.1) is 0 Å². The minimum Gasteiger partial charge on any atom is -0.337 e. The zero-order valence-corrected chi connectivity index (χ0v) is 11.3. The van der Waals surface area contributed by atoms with E-state index >= 15 is 0 Å². The molecule has 20 heavy (non-hydrogen) atoms. The van der Waals surface area contributed by atoms with Crippen LogP contribution in [0.15, 0.2) is 24.3 Å². The van der Waals surface area contributed by atoms with Gasteiger partial charge in [0.2, 0.25) is 0 Å². The Hall–Kier alpha value is -2.21. The van der Waals surface area contributed by atoms with Gasteiger partial charge in [-0.3, -0.25) is 9.89 Å². The number of hydrogen-bond acceptors (Lipinski definition) is 4. The number of aromatic amines is 1. The van der Waals surface area contributed by atoms with E-state index < -0.39 is 0 Å². The molecule has 0 radical (unpaired) electrons. The van der Waals surface area contributed by atoms with Gasteiger partial charge in [0.15, 0.2) is 5.82 Å². The number of aryl methyl sites for hydroxylation is 1. The molecular weight excluding hydrogens is 254 g/mol. The molecule has 2 aromatic rings. The van der Waals surface area contributed by atoms with E-state index in [4.69, 9.17) is 5.73 Å². The monoisotopic (exact) mass is 271 g/mol. The van der Waals surface area contributed by atoms with Crippen molar-refractivity contribution >= 4 is 5.91 Å². The number of hydrogen-bond donors (Lipinski definition) is 2. The lowest BCUT2D eigenvalue weighted by Gasteiger charge is -2.15. The maximum atomic E-state index is 12.3. The molecule has 3 N–H and O–H groups in total. The quantitative estimate of drug-likeness (QED) is 0.851. The second-order valence-electron chi connectivity index (χ2n) is 5.12. The maximum absolute atomic E-state index is 12.3. The molecule has 1 amide bonds. The maximum Gasteiger partial charge on any atom is 0.253 e. The number of benzene rings is 1. The molecule has 6 nitrogen and oxygen atoms in total. The Kier molecular flexibility index (Phi) is 3.23. The minimum atomic E-state index is 0.0377. The van der Waals surface area contributed by atoms with Crippen molar-refractivity contribution in [2.45, 2.75) is 19.4 Å². The van der Waals surface area contributed by atoms with Gasteiger partial charge in [-0.15, -0.1) is 0 Å². The largest absolute Gasteiger partial charge is 0.337 e. The number of carbonyl (C=O) groups is 1. The molecule has 1 saturated heterocycles. The van der Waals surface area contributed by atoms with Crippen molar-refractivity contribution in [1.82, 2.24) is 20.1 Å². The molecule has 0 aliphatic carbocycles. The van der Waals surface area contributed by atoms with Crippen LogP contribution in [0.4, 0.5) is 0 Å². The highest BCUT2D eigenvalue weighted by molar-refractivity contribution is 5.94. The topological polar surface area (TPSA) is 87.9 Å². The van der Waals surface area contributed by atoms with Crippen LogP contribution in [0, 0.1) is 6.92 Å². The fourth-order valence-corrected chi connectivity index (χ4v) is 2.39. The normalized spacial score (nSPS) is 18.5. The van der Waals surface area contributed by atoms with Gasteiger partial charge in [0, 0.05) is 30.3 Å². The van der Waals surface area contributed by atoms with Gasteiger partial charge in [0.25, 0.3) is 5.91 Å². The van der Waals surface area contributed by atoms with Crippen LogP contribution in [-0.2, 0) is 0 Å². The lowest BCUT2D eigenvalue weighted by Crippen LogP contribution is -2.31. The Labute approximate surface area is 117 Å². The first kappa shape index (κ1) is 12.8. The van der Waals surface area contributed by atoms with Crippen LogP contribution >= 0.6 is 0 Å². The third-order valence-corrected chi connectivity index (χ3v) is 3.50. The predicted molar refractivity (Wildman–Crippen MR) is 75.1 cm³/mol. The van der Waals surface area contributed by atoms with Crippen molar-refractivity contribution in [3.8, 4) is 11.4 Å². The molecular formula is C14H17N5O. The molecule has 1 aromatic carbocycles. The highest BCUT2D eigenvalue weighted by Gasteiger charge is 2.24. The van der Waals surface area contributed by atoms with Crippen LogP contribution < -0.4 is 5.73 Å². The third kappa shape index (κ3) is 2.42. The Morgan fingerprint density at radius 2 is 2.15 bits per heavy atom. The van der Waals surface area contributed by atoms with Crippen LogP contribution in [0.1, 0.15) is 22.6 Å². The van der Waals surface area contributed by atoms with Crippen LogP contribution in [0.3, 0.4) is 0 Å². The summed E-state index contributed by atoms with van der Waals surface area (Å²) in [6, 6.07) is 7.47. The van der Waals surface area contributed by atoms with E-state index in [1.54, 1.807) is 4.90 Å². The van der Waals surface area contributed by atoms with Crippen molar-refractivity contribution in [1.29, 1.82) is 0 Å². The lowest BCUT2D eigenvalue weighted by atomic mass is 10.1. The molecule has 1 unspecified atom stereocenters. The number of rotatable bonds is 2. The standard InChI is InChI=1S/C14H17N5O/c1-9-16-13(18-17-9)10-2-4-11(5-3-10)14(20)19-7-6-12(15)8-19/h2-5,12H,6-8,15H2,1H3,(H,16,17,18). The molecule has 1 fully saturated rings. The summed E-state index contributed by atoms with van der Waals surface area (Å²) < 4.78 is 0. The molecule has 6 heteroatoms. The van der Waals surface area contributed by atoms with Crippen LogP contribution in [-0.4, -0.2) is 45.1 Å². The molecule has 1 aromatic heterocycles. The highest BCUT2D eigenvalue weighted by atomic mass is 16.2. The zero-order chi connectivity index (χ0) is 14.1. The summed E-state index contributed by atoms with van der Waals surface area (Å²) in [4.78, 5) is 18.3. The second-order valence-corrected chi connectivity index (χ2v) is 5.12. The summed E-state index contributed by atoms with van der Waals surface area (Å²) >= 11 is 0. The number of nitrogens with two attached hydrogens (primary N) is 1. The fourth-order valence-electron chi connectivity index (χ4n) is 2.39. The molecule has 1 aliphatic heterocycles. The molecule has 104 valence electrons. The van der Waals surface area contributed by atoms with Gasteiger partial charge in [-0.1, -0.05) is 12.1 Å². The molecule has 3 rings (SSSR count). The minimum absolute atomic E-state index is 0.0377. The molecule has 0 bridgehead atoms. The smallest absolute Gasteiger partial charge is 0.253 e. The van der Waals surface area contributed by atoms with Gasteiger partial charge in [-0.25, -0.2) is 4.98 Å². The van der Waals surface area contributed by atoms with E-state index in [0.717, 1.165) is 24.4 Å². The number of carbonyl (C=O) groups excluding carboxylic acids is 1. The Bertz CT molecular complexity index is 619. The first-order valence-corrected chi connectivity index (χ1v) is 6.68. The van der Waals surface area contributed by atoms with Gasteiger partial charge in [-0.05, 0) is 25.5 Å². The third-order valence-electron chi connectivity index (χ3n) is 3.50. The second kappa shape index (κ2) is 5.05. The van der Waals surface area contributed by atoms with Gasteiger partial charge >= 0.3 is 0 Å². The summed E-state index contributed by atoms with van der Waals surface area (Å²) in [5, 5.41) is 6.90. The number of H-pyrrole nitrogens is 1. The van der Waals surface area contributed by atoms with Crippen molar-refractivity contribution in [3.63, 3.8) is 0 Å². The van der Waals surface area contributed by atoms with Gasteiger partial charge in [0.1, 0.15) is 5.82 Å². The number of likely N-dealkylation sites (tertiary alicyclic amines) is 1. The van der Waals surface area contributed by atoms with Crippen LogP contribution in [0.25, 0.3) is 11.4 Å². The van der Waals surface area contributed by atoms with E-state index in [9.17, 15) is 4.79 Å². The van der Waals surface area contributed by atoms with Crippen molar-refractivity contribution in [2.75, 3.05) is 13.1 Å². The Balaban J connectivity index is 1.77. The van der Waals surface area contributed by atoms with E-state index in [-0.39, 0.29) is 11.9 Å². The van der Waals surface area contributed by atoms with Gasteiger partial charge < -0.3 is 10.6 Å². The van der Waals surface area contributed by atoms with Crippen molar-refractivity contribution in [3.05, 3.63) is 35.7 Å². The molecule has 2 heterocycles. The molecule has 0 saturated carbocycles. The Morgan fingerprint density at radius 1 is 1.40 bits per heavy atom. The zero-order valence-electron chi connectivity index (χ0n) is 11.3. The number of nitrogens with one attached hydrogen (secondary N) is 1. The summed E-state index contributed by atoms with van der Waals surface area (Å²) in [6.45, 7) is 3.23. The molecule has 1 aliphatic rings. The van der Waals surface area contributed by atoms with Crippen LogP contribution in [0.2, 0.25) is 0 Å². The van der Waals surface area contributed by atoms with Crippen molar-refractivity contribution in [2.24, 2.45) is 5.73 Å². The number of aromatic nitrogens is 3. The lowest BCUT2D eigenvalue weighted by molar-refractivity contribution is 0.0791. The summed E-state index contributed by atoms with van der Waals surface area (Å²) in [6.07, 6.45) is 0.875. The van der Waals surface area contributed by atoms with E-state index in [2.05, 4.69) is 15.2 Å². The highest BCUT2D eigenvalue weighted by Crippen LogP contribution is 2.18. The molecule has 1 atom stereocenters.